The minimum absolute atomic E-state index is 0.520. The summed E-state index contributed by atoms with van der Waals surface area (Å²) in [4.78, 5) is 16.3. The summed E-state index contributed by atoms with van der Waals surface area (Å²) >= 11 is 1.83. The Hall–Kier alpha value is -8.19. The van der Waals surface area contributed by atoms with E-state index in [1.54, 1.807) is 0 Å². The molecule has 0 atom stereocenters. The molecule has 0 radical (unpaired) electrons. The number of nitrogens with zero attached hydrogens (tertiary/aromatic N) is 4. The zero-order chi connectivity index (χ0) is 44.5. The van der Waals surface area contributed by atoms with Gasteiger partial charge in [-0.3, -0.25) is 4.57 Å². The van der Waals surface area contributed by atoms with Crippen molar-refractivity contribution in [2.75, 3.05) is 0 Å². The average molecular weight is 867 g/mol. The molecule has 4 aromatic heterocycles. The highest BCUT2D eigenvalue weighted by molar-refractivity contribution is 7.25. The predicted molar refractivity (Wildman–Crippen MR) is 282 cm³/mol. The van der Waals surface area contributed by atoms with E-state index in [1.807, 2.05) is 49.5 Å². The van der Waals surface area contributed by atoms with E-state index in [-0.39, 0.29) is 0 Å². The van der Waals surface area contributed by atoms with E-state index in [4.69, 9.17) is 19.4 Å². The Balaban J connectivity index is 0.00000225. The monoisotopic (exact) mass is 866 g/mol. The van der Waals surface area contributed by atoms with Gasteiger partial charge in [0.25, 0.3) is 0 Å². The summed E-state index contributed by atoms with van der Waals surface area (Å²) in [5.41, 5.74) is 9.76. The molecule has 0 fully saturated rings. The lowest BCUT2D eigenvalue weighted by molar-refractivity contribution is 0.669. The van der Waals surface area contributed by atoms with E-state index in [2.05, 4.69) is 182 Å². The molecule has 0 saturated heterocycles. The Morgan fingerprint density at radius 2 is 1.15 bits per heavy atom. The normalized spacial score (nSPS) is 11.9. The molecule has 0 N–H and O–H groups in total. The van der Waals surface area contributed by atoms with Gasteiger partial charge >= 0.3 is 0 Å². The summed E-state index contributed by atoms with van der Waals surface area (Å²) in [7, 11) is 0. The molecule has 4 heterocycles. The SMILES string of the molecule is C=Cc1c(/C=C\C)c2ccccc2c2c1c1cccc(-c3ccc4sc5ccccc5c4c3)c1n2-c1nc(-c2ccc3ccccc3c2)nc(-c2ccc3c(c2)oc2ccccc23)n1.CC. The predicted octanol–water partition coefficient (Wildman–Crippen LogP) is 17.2. The molecule has 13 aromatic rings. The number of para-hydroxylation sites is 2. The van der Waals surface area contributed by atoms with Gasteiger partial charge in [-0.1, -0.05) is 166 Å². The van der Waals surface area contributed by atoms with E-state index >= 15 is 0 Å². The Bertz CT molecular complexity index is 4130. The molecule has 6 heteroatoms. The number of rotatable bonds is 6. The van der Waals surface area contributed by atoms with E-state index in [0.29, 0.717) is 17.6 Å². The maximum absolute atomic E-state index is 6.43. The van der Waals surface area contributed by atoms with Crippen molar-refractivity contribution >= 4 is 109 Å². The molecule has 0 aliphatic carbocycles. The summed E-state index contributed by atoms with van der Waals surface area (Å²) < 4.78 is 11.3. The lowest BCUT2D eigenvalue weighted by Crippen LogP contribution is -2.07. The van der Waals surface area contributed by atoms with E-state index in [0.717, 1.165) is 98.7 Å². The van der Waals surface area contributed by atoms with Gasteiger partial charge in [0.15, 0.2) is 11.6 Å². The lowest BCUT2D eigenvalue weighted by Gasteiger charge is -2.15. The van der Waals surface area contributed by atoms with Crippen LogP contribution in [0.25, 0.3) is 137 Å². The van der Waals surface area contributed by atoms with E-state index < -0.39 is 0 Å². The summed E-state index contributed by atoms with van der Waals surface area (Å²) in [5, 5.41) is 11.3. The van der Waals surface area contributed by atoms with Crippen LogP contribution in [-0.4, -0.2) is 19.5 Å². The Kier molecular flexibility index (Phi) is 9.44. The van der Waals surface area contributed by atoms with Crippen LogP contribution in [0.1, 0.15) is 31.9 Å². The molecule has 0 aliphatic rings. The average Bonchev–Trinajstić information content (AvgIpc) is 4.06. The summed E-state index contributed by atoms with van der Waals surface area (Å²) in [6.07, 6.45) is 6.32. The first kappa shape index (κ1) is 39.4. The standard InChI is InChI=1S/C58H36N4OS.C2H6/c1-3-14-41-39(4-2)53-47-22-13-21-40(36-28-30-52-48(32-36)45-19-10-12-24-51(45)64-52)54(47)62(55(53)46-20-8-7-17-42(41)46)58-60-56(37-26-25-34-15-5-6-16-35(34)31-37)59-57(61-58)38-27-29-44-43-18-9-11-23-49(43)63-50(44)33-38;1-2/h3-33H,2H2,1H3;1-2H3/b14-3-;. The first-order chi connectivity index (χ1) is 32.6. The van der Waals surface area contributed by atoms with Crippen LogP contribution in [0.5, 0.6) is 0 Å². The number of benzene rings is 9. The Morgan fingerprint density at radius 1 is 0.500 bits per heavy atom. The molecule has 5 nitrogen and oxygen atoms in total. The van der Waals surface area contributed by atoms with E-state index in [1.165, 1.54) is 20.2 Å². The van der Waals surface area contributed by atoms with Crippen molar-refractivity contribution in [3.8, 4) is 39.9 Å². The van der Waals surface area contributed by atoms with Gasteiger partial charge in [0.1, 0.15) is 11.2 Å². The third-order valence-electron chi connectivity index (χ3n) is 12.7. The van der Waals surface area contributed by atoms with Crippen LogP contribution in [0.4, 0.5) is 0 Å². The van der Waals surface area contributed by atoms with Crippen LogP contribution in [0, 0.1) is 0 Å². The van der Waals surface area contributed by atoms with Gasteiger partial charge in [-0.15, -0.1) is 11.3 Å². The van der Waals surface area contributed by atoms with Crippen molar-refractivity contribution in [2.24, 2.45) is 0 Å². The quantitative estimate of drug-likeness (QED) is 0.167. The summed E-state index contributed by atoms with van der Waals surface area (Å²) in [5.74, 6) is 1.65. The molecule has 13 rings (SSSR count). The lowest BCUT2D eigenvalue weighted by atomic mass is 9.92. The number of hydrogen-bond acceptors (Lipinski definition) is 5. The zero-order valence-electron chi connectivity index (χ0n) is 36.7. The fourth-order valence-electron chi connectivity index (χ4n) is 9.87. The van der Waals surface area contributed by atoms with Crippen molar-refractivity contribution in [1.29, 1.82) is 0 Å². The highest BCUT2D eigenvalue weighted by Crippen LogP contribution is 2.46. The highest BCUT2D eigenvalue weighted by atomic mass is 32.1. The third kappa shape index (κ3) is 6.10. The molecule has 9 aromatic carbocycles. The van der Waals surface area contributed by atoms with Crippen LogP contribution >= 0.6 is 11.3 Å². The molecule has 0 bridgehead atoms. The summed E-state index contributed by atoms with van der Waals surface area (Å²) in [6, 6.07) is 60.1. The van der Waals surface area contributed by atoms with Crippen molar-refractivity contribution < 1.29 is 4.42 Å². The molecule has 0 amide bonds. The maximum atomic E-state index is 6.43. The van der Waals surface area contributed by atoms with Crippen molar-refractivity contribution in [3.63, 3.8) is 0 Å². The van der Waals surface area contributed by atoms with Crippen LogP contribution in [0.15, 0.2) is 187 Å². The molecule has 314 valence electrons. The highest BCUT2D eigenvalue weighted by Gasteiger charge is 2.26. The fourth-order valence-corrected chi connectivity index (χ4v) is 11.0. The number of hydrogen-bond donors (Lipinski definition) is 0. The second kappa shape index (κ2) is 15.8. The smallest absolute Gasteiger partial charge is 0.238 e. The van der Waals surface area contributed by atoms with Gasteiger partial charge in [0, 0.05) is 63.8 Å². The maximum Gasteiger partial charge on any atom is 0.238 e. The second-order valence-corrected chi connectivity index (χ2v) is 17.4. The summed E-state index contributed by atoms with van der Waals surface area (Å²) in [6.45, 7) is 10.5. The second-order valence-electron chi connectivity index (χ2n) is 16.3. The molecular formula is C60H42N4OS. The molecule has 0 spiro atoms. The molecule has 66 heavy (non-hydrogen) atoms. The fraction of sp³-hybridized carbons (Fsp3) is 0.0500. The van der Waals surface area contributed by atoms with Gasteiger partial charge in [0.2, 0.25) is 5.95 Å². The third-order valence-corrected chi connectivity index (χ3v) is 13.9. The number of fused-ring (bicyclic) bond motifs is 12. The van der Waals surface area contributed by atoms with Crippen LogP contribution in [0.2, 0.25) is 0 Å². The molecular weight excluding hydrogens is 825 g/mol. The van der Waals surface area contributed by atoms with Crippen LogP contribution in [0.3, 0.4) is 0 Å². The molecule has 0 aliphatic heterocycles. The van der Waals surface area contributed by atoms with Gasteiger partial charge in [-0.25, -0.2) is 4.98 Å². The van der Waals surface area contributed by atoms with Gasteiger partial charge in [-0.05, 0) is 82.2 Å². The Morgan fingerprint density at radius 3 is 1.97 bits per heavy atom. The van der Waals surface area contributed by atoms with Crippen LogP contribution in [-0.2, 0) is 0 Å². The minimum atomic E-state index is 0.520. The van der Waals surface area contributed by atoms with Crippen molar-refractivity contribution in [1.82, 2.24) is 19.5 Å². The molecule has 0 unspecified atom stereocenters. The number of thiophene rings is 1. The van der Waals surface area contributed by atoms with Crippen molar-refractivity contribution in [2.45, 2.75) is 20.8 Å². The van der Waals surface area contributed by atoms with Gasteiger partial charge in [0.05, 0.1) is 11.0 Å². The zero-order valence-corrected chi connectivity index (χ0v) is 37.5. The Labute approximate surface area is 385 Å². The minimum Gasteiger partial charge on any atom is -0.456 e. The topological polar surface area (TPSA) is 56.7 Å². The van der Waals surface area contributed by atoms with Crippen LogP contribution < -0.4 is 0 Å². The van der Waals surface area contributed by atoms with Gasteiger partial charge in [-0.2, -0.15) is 9.97 Å². The number of furan rings is 1. The van der Waals surface area contributed by atoms with E-state index in [9.17, 15) is 0 Å². The molecule has 0 saturated carbocycles. The van der Waals surface area contributed by atoms with Crippen molar-refractivity contribution in [3.05, 3.63) is 194 Å². The van der Waals surface area contributed by atoms with Gasteiger partial charge < -0.3 is 4.42 Å². The number of allylic oxidation sites excluding steroid dienone is 1. The largest absolute Gasteiger partial charge is 0.456 e. The number of aromatic nitrogens is 4. The first-order valence-corrected chi connectivity index (χ1v) is 23.3. The first-order valence-electron chi connectivity index (χ1n) is 22.5.